The quantitative estimate of drug-likeness (QED) is 0.504. The number of carbonyl (C=O) groups is 2. The Kier molecular flexibility index (Phi) is 4.19. The second-order valence-electron chi connectivity index (χ2n) is 7.41. The molecule has 1 aliphatic heterocycles. The Balaban J connectivity index is 1.65. The maximum atomic E-state index is 13.1. The van der Waals surface area contributed by atoms with Crippen LogP contribution in [0.4, 0.5) is 11.4 Å². The van der Waals surface area contributed by atoms with Crippen LogP contribution in [0.1, 0.15) is 27.6 Å². The van der Waals surface area contributed by atoms with E-state index in [0.29, 0.717) is 11.1 Å². The Bertz CT molecular complexity index is 1360. The van der Waals surface area contributed by atoms with Crippen LogP contribution < -0.4 is 4.90 Å². The number of ketones is 2. The third-order valence-electron chi connectivity index (χ3n) is 5.60. The van der Waals surface area contributed by atoms with Crippen LogP contribution in [0.15, 0.2) is 88.0 Å². The van der Waals surface area contributed by atoms with Crippen LogP contribution >= 0.6 is 11.6 Å². The number of halogens is 1. The van der Waals surface area contributed by atoms with E-state index >= 15 is 0 Å². The monoisotopic (exact) mass is 412 g/mol. The summed E-state index contributed by atoms with van der Waals surface area (Å²) in [5.74, 6) is -0.591. The molecular weight excluding hydrogens is 396 g/mol. The number of rotatable bonds is 1. The zero-order valence-electron chi connectivity index (χ0n) is 16.4. The molecule has 0 bridgehead atoms. The summed E-state index contributed by atoms with van der Waals surface area (Å²) in [5, 5.41) is 2.16. The molecule has 0 atom stereocenters. The third-order valence-corrected chi connectivity index (χ3v) is 5.98. The molecule has 0 saturated carbocycles. The van der Waals surface area contributed by atoms with E-state index in [2.05, 4.69) is 24.3 Å². The van der Waals surface area contributed by atoms with Gasteiger partial charge in [0, 0.05) is 23.7 Å². The maximum absolute atomic E-state index is 13.1. The lowest BCUT2D eigenvalue weighted by Crippen LogP contribution is -2.26. The van der Waals surface area contributed by atoms with Gasteiger partial charge in [0.25, 0.3) is 0 Å². The number of aliphatic imine (C=N–C) groups is 1. The van der Waals surface area contributed by atoms with E-state index in [0.717, 1.165) is 33.6 Å². The van der Waals surface area contributed by atoms with Gasteiger partial charge in [-0.2, -0.15) is 0 Å². The Morgan fingerprint density at radius 1 is 0.900 bits per heavy atom. The largest absolute Gasteiger partial charge is 0.341 e. The Morgan fingerprint density at radius 3 is 2.20 bits per heavy atom. The van der Waals surface area contributed by atoms with Crippen molar-refractivity contribution in [1.29, 1.82) is 0 Å². The fourth-order valence-corrected chi connectivity index (χ4v) is 4.26. The molecule has 0 amide bonds. The van der Waals surface area contributed by atoms with Gasteiger partial charge in [0.2, 0.25) is 5.78 Å². The zero-order chi connectivity index (χ0) is 21.0. The lowest BCUT2D eigenvalue weighted by atomic mass is 9.88. The summed E-state index contributed by atoms with van der Waals surface area (Å²) in [6.07, 6.45) is 1.68. The molecule has 4 nitrogen and oxygen atoms in total. The first-order chi connectivity index (χ1) is 14.5. The van der Waals surface area contributed by atoms with E-state index in [-0.39, 0.29) is 22.2 Å². The highest BCUT2D eigenvalue weighted by Gasteiger charge is 2.31. The highest BCUT2D eigenvalue weighted by molar-refractivity contribution is 6.50. The molecule has 0 unspecified atom stereocenters. The highest BCUT2D eigenvalue weighted by atomic mass is 35.5. The summed E-state index contributed by atoms with van der Waals surface area (Å²) in [5.41, 5.74) is 4.18. The van der Waals surface area contributed by atoms with Crippen molar-refractivity contribution in [3.8, 4) is 0 Å². The first-order valence-electron chi connectivity index (χ1n) is 9.58. The summed E-state index contributed by atoms with van der Waals surface area (Å²) in [6.45, 7) is 1.89. The number of fused-ring (bicyclic) bond motifs is 3. The van der Waals surface area contributed by atoms with Crippen LogP contribution in [-0.4, -0.2) is 24.3 Å². The van der Waals surface area contributed by atoms with Crippen molar-refractivity contribution in [2.75, 3.05) is 11.9 Å². The number of allylic oxidation sites excluding steroid dienone is 4. The molecule has 0 N–H and O–H groups in total. The lowest BCUT2D eigenvalue weighted by Gasteiger charge is -2.29. The van der Waals surface area contributed by atoms with Crippen LogP contribution in [0, 0.1) is 0 Å². The van der Waals surface area contributed by atoms with E-state index in [9.17, 15) is 9.59 Å². The van der Waals surface area contributed by atoms with Crippen LogP contribution in [0.2, 0.25) is 0 Å². The lowest BCUT2D eigenvalue weighted by molar-refractivity contribution is 0.0983. The molecule has 0 fully saturated rings. The Hall–Kier alpha value is -3.50. The van der Waals surface area contributed by atoms with Gasteiger partial charge in [0.05, 0.1) is 27.8 Å². The number of nitrogens with zero attached hydrogens (tertiary/aromatic N) is 2. The number of anilines is 1. The molecule has 5 rings (SSSR count). The molecule has 1 aliphatic carbocycles. The van der Waals surface area contributed by atoms with E-state index in [1.807, 2.05) is 31.0 Å². The van der Waals surface area contributed by atoms with E-state index in [1.165, 1.54) is 0 Å². The minimum Gasteiger partial charge on any atom is -0.341 e. The van der Waals surface area contributed by atoms with Crippen LogP contribution in [0.3, 0.4) is 0 Å². The van der Waals surface area contributed by atoms with E-state index in [1.54, 1.807) is 30.3 Å². The van der Waals surface area contributed by atoms with Gasteiger partial charge in [-0.15, -0.1) is 0 Å². The summed E-state index contributed by atoms with van der Waals surface area (Å²) in [7, 11) is 1.93. The average Bonchev–Trinajstić information content (AvgIpc) is 2.76. The fraction of sp³-hybridized carbons (Fsp3) is 0.0800. The minimum atomic E-state index is -0.335. The van der Waals surface area contributed by atoms with Crippen molar-refractivity contribution in [3.05, 3.63) is 94.2 Å². The fourth-order valence-electron chi connectivity index (χ4n) is 4.02. The molecule has 146 valence electrons. The molecule has 0 saturated heterocycles. The topological polar surface area (TPSA) is 49.7 Å². The molecule has 2 aliphatic rings. The predicted molar refractivity (Wildman–Crippen MR) is 121 cm³/mol. The normalized spacial score (nSPS) is 17.4. The summed E-state index contributed by atoms with van der Waals surface area (Å²) >= 11 is 6.35. The molecule has 1 heterocycles. The van der Waals surface area contributed by atoms with Gasteiger partial charge < -0.3 is 4.90 Å². The number of hydrogen-bond donors (Lipinski definition) is 0. The second-order valence-corrected chi connectivity index (χ2v) is 7.78. The van der Waals surface area contributed by atoms with Gasteiger partial charge in [0.15, 0.2) is 5.78 Å². The van der Waals surface area contributed by atoms with Gasteiger partial charge in [-0.05, 0) is 35.9 Å². The van der Waals surface area contributed by atoms with Gasteiger partial charge in [-0.1, -0.05) is 60.1 Å². The van der Waals surface area contributed by atoms with Crippen molar-refractivity contribution >= 4 is 51.0 Å². The van der Waals surface area contributed by atoms with Gasteiger partial charge >= 0.3 is 0 Å². The first kappa shape index (κ1) is 18.5. The van der Waals surface area contributed by atoms with Crippen LogP contribution in [0.5, 0.6) is 0 Å². The number of Topliss-reactive ketones (excluding diaryl/α,β-unsaturated/α-hetero) is 2. The molecule has 3 aromatic rings. The average molecular weight is 413 g/mol. The van der Waals surface area contributed by atoms with Gasteiger partial charge in [-0.25, -0.2) is 4.99 Å². The molecule has 0 spiro atoms. The molecule has 0 aromatic heterocycles. The SMILES string of the molecule is CC1=Nc2cc3ccccc3cc2N(C)/C1=C\C1=C(Cl)C(=O)c2ccccc2C1=O. The number of carbonyl (C=O) groups excluding carboxylic acids is 2. The van der Waals surface area contributed by atoms with Crippen molar-refractivity contribution in [3.63, 3.8) is 0 Å². The summed E-state index contributed by atoms with van der Waals surface area (Å²) < 4.78 is 0. The van der Waals surface area contributed by atoms with Crippen molar-refractivity contribution in [2.45, 2.75) is 6.92 Å². The third kappa shape index (κ3) is 2.72. The summed E-state index contributed by atoms with van der Waals surface area (Å²) in [6, 6.07) is 19.0. The minimum absolute atomic E-state index is 0.0586. The van der Waals surface area contributed by atoms with Gasteiger partial charge in [0.1, 0.15) is 0 Å². The van der Waals surface area contributed by atoms with Crippen molar-refractivity contribution in [1.82, 2.24) is 0 Å². The van der Waals surface area contributed by atoms with Gasteiger partial charge in [-0.3, -0.25) is 9.59 Å². The van der Waals surface area contributed by atoms with E-state index in [4.69, 9.17) is 16.6 Å². The van der Waals surface area contributed by atoms with Crippen LogP contribution in [-0.2, 0) is 0 Å². The molecule has 0 radical (unpaired) electrons. The van der Waals surface area contributed by atoms with Crippen molar-refractivity contribution < 1.29 is 9.59 Å². The molecule has 5 heteroatoms. The molecule has 3 aromatic carbocycles. The number of benzene rings is 3. The zero-order valence-corrected chi connectivity index (χ0v) is 17.2. The number of hydrogen-bond acceptors (Lipinski definition) is 4. The second kappa shape index (κ2) is 6.78. The Morgan fingerprint density at radius 2 is 1.50 bits per heavy atom. The highest BCUT2D eigenvalue weighted by Crippen LogP contribution is 2.39. The van der Waals surface area contributed by atoms with Crippen LogP contribution in [0.25, 0.3) is 10.8 Å². The summed E-state index contributed by atoms with van der Waals surface area (Å²) in [4.78, 5) is 32.5. The first-order valence-corrected chi connectivity index (χ1v) is 9.95. The van der Waals surface area contributed by atoms with E-state index < -0.39 is 0 Å². The maximum Gasteiger partial charge on any atom is 0.205 e. The smallest absolute Gasteiger partial charge is 0.205 e. The Labute approximate surface area is 178 Å². The molecular formula is C25H17ClN2O2. The predicted octanol–water partition coefficient (Wildman–Crippen LogP) is 5.84. The standard InChI is InChI=1S/C25H17ClN2O2/c1-14-21(13-19-23(26)25(30)18-10-6-5-9-17(18)24(19)29)28(2)22-12-16-8-4-3-7-15(16)11-20(22)27-14/h3-13H,1-2H3/b21-13-. The molecule has 30 heavy (non-hydrogen) atoms. The van der Waals surface area contributed by atoms with Crippen molar-refractivity contribution in [2.24, 2.45) is 4.99 Å².